The van der Waals surface area contributed by atoms with E-state index in [1.54, 1.807) is 22.6 Å². The number of amides is 2. The molecule has 3 heterocycles. The molecule has 2 amide bonds. The predicted octanol–water partition coefficient (Wildman–Crippen LogP) is 2.14. The highest BCUT2D eigenvalue weighted by Crippen LogP contribution is 2.25. The third-order valence-electron chi connectivity index (χ3n) is 3.57. The molecule has 2 aromatic rings. The van der Waals surface area contributed by atoms with Crippen LogP contribution in [0.3, 0.4) is 0 Å². The summed E-state index contributed by atoms with van der Waals surface area (Å²) in [6.45, 7) is 2.73. The van der Waals surface area contributed by atoms with Crippen LogP contribution in [-0.2, 0) is 4.79 Å². The van der Waals surface area contributed by atoms with Gasteiger partial charge in [-0.1, -0.05) is 0 Å². The van der Waals surface area contributed by atoms with Crippen molar-refractivity contribution in [3.63, 3.8) is 0 Å². The van der Waals surface area contributed by atoms with Crippen LogP contribution in [0.4, 0.5) is 0 Å². The van der Waals surface area contributed by atoms with Crippen LogP contribution in [-0.4, -0.2) is 40.8 Å². The lowest BCUT2D eigenvalue weighted by Crippen LogP contribution is -2.49. The first-order chi connectivity index (χ1) is 10.6. The Labute approximate surface area is 132 Å². The number of furan rings is 1. The molecular weight excluding hydrogens is 302 g/mol. The quantitative estimate of drug-likeness (QED) is 0.940. The number of rotatable bonds is 3. The molecule has 0 bridgehead atoms. The molecule has 0 aliphatic carbocycles. The second kappa shape index (κ2) is 6.31. The standard InChI is InChI=1S/C15H17N3O3S/c1-10(19)16-11-4-2-6-18(8-11)15(20)12-9-22-14(17-12)13-5-3-7-21-13/h3,5,7,9,11H,2,4,6,8H2,1H3,(H,16,19)/t11-/m1/s1. The molecule has 1 fully saturated rings. The lowest BCUT2D eigenvalue weighted by molar-refractivity contribution is -0.120. The van der Waals surface area contributed by atoms with E-state index in [-0.39, 0.29) is 17.9 Å². The minimum atomic E-state index is -0.0934. The average molecular weight is 319 g/mol. The van der Waals surface area contributed by atoms with Crippen molar-refractivity contribution in [2.45, 2.75) is 25.8 Å². The first-order valence-electron chi connectivity index (χ1n) is 7.19. The highest BCUT2D eigenvalue weighted by atomic mass is 32.1. The average Bonchev–Trinajstić information content (AvgIpc) is 3.17. The summed E-state index contributed by atoms with van der Waals surface area (Å²) in [4.78, 5) is 29.8. The van der Waals surface area contributed by atoms with Crippen molar-refractivity contribution in [2.24, 2.45) is 0 Å². The molecule has 1 N–H and O–H groups in total. The van der Waals surface area contributed by atoms with Crippen LogP contribution in [0, 0.1) is 0 Å². The minimum Gasteiger partial charge on any atom is -0.462 e. The molecule has 0 unspecified atom stereocenters. The van der Waals surface area contributed by atoms with E-state index in [9.17, 15) is 9.59 Å². The molecule has 0 aromatic carbocycles. The van der Waals surface area contributed by atoms with E-state index in [0.717, 1.165) is 12.8 Å². The van der Waals surface area contributed by atoms with Crippen LogP contribution in [0.1, 0.15) is 30.3 Å². The van der Waals surface area contributed by atoms with Gasteiger partial charge in [-0.15, -0.1) is 11.3 Å². The third kappa shape index (κ3) is 3.19. The van der Waals surface area contributed by atoms with Gasteiger partial charge in [0.05, 0.1) is 6.26 Å². The number of carbonyl (C=O) groups excluding carboxylic acids is 2. The van der Waals surface area contributed by atoms with Crippen molar-refractivity contribution in [2.75, 3.05) is 13.1 Å². The largest absolute Gasteiger partial charge is 0.462 e. The fourth-order valence-corrected chi connectivity index (χ4v) is 3.37. The summed E-state index contributed by atoms with van der Waals surface area (Å²) in [6.07, 6.45) is 3.37. The summed E-state index contributed by atoms with van der Waals surface area (Å²) >= 11 is 1.39. The monoisotopic (exact) mass is 319 g/mol. The van der Waals surface area contributed by atoms with E-state index in [1.807, 2.05) is 6.07 Å². The Hall–Kier alpha value is -2.15. The van der Waals surface area contributed by atoms with E-state index in [1.165, 1.54) is 18.3 Å². The summed E-state index contributed by atoms with van der Waals surface area (Å²) in [5, 5.41) is 5.33. The topological polar surface area (TPSA) is 75.4 Å². The van der Waals surface area contributed by atoms with Gasteiger partial charge in [0.2, 0.25) is 5.91 Å². The Morgan fingerprint density at radius 2 is 2.36 bits per heavy atom. The van der Waals surface area contributed by atoms with Gasteiger partial charge in [-0.25, -0.2) is 4.98 Å². The predicted molar refractivity (Wildman–Crippen MR) is 82.6 cm³/mol. The zero-order valence-electron chi connectivity index (χ0n) is 12.2. The van der Waals surface area contributed by atoms with Crippen molar-refractivity contribution < 1.29 is 14.0 Å². The maximum Gasteiger partial charge on any atom is 0.273 e. The normalized spacial score (nSPS) is 18.2. The van der Waals surface area contributed by atoms with Crippen LogP contribution in [0.2, 0.25) is 0 Å². The van der Waals surface area contributed by atoms with Crippen molar-refractivity contribution >= 4 is 23.2 Å². The molecule has 116 valence electrons. The van der Waals surface area contributed by atoms with E-state index < -0.39 is 0 Å². The van der Waals surface area contributed by atoms with Crippen LogP contribution >= 0.6 is 11.3 Å². The number of nitrogens with zero attached hydrogens (tertiary/aromatic N) is 2. The molecule has 0 spiro atoms. The van der Waals surface area contributed by atoms with E-state index in [0.29, 0.717) is 29.6 Å². The summed E-state index contributed by atoms with van der Waals surface area (Å²) in [7, 11) is 0. The molecule has 22 heavy (non-hydrogen) atoms. The Bertz CT molecular complexity index is 665. The Morgan fingerprint density at radius 3 is 3.09 bits per heavy atom. The number of carbonyl (C=O) groups is 2. The third-order valence-corrected chi connectivity index (χ3v) is 4.43. The highest BCUT2D eigenvalue weighted by Gasteiger charge is 2.26. The Balaban J connectivity index is 1.69. The van der Waals surface area contributed by atoms with Gasteiger partial charge in [0.15, 0.2) is 10.8 Å². The Morgan fingerprint density at radius 1 is 1.50 bits per heavy atom. The van der Waals surface area contributed by atoms with E-state index in [4.69, 9.17) is 4.42 Å². The smallest absolute Gasteiger partial charge is 0.273 e. The number of hydrogen-bond donors (Lipinski definition) is 1. The number of likely N-dealkylation sites (tertiary alicyclic amines) is 1. The summed E-state index contributed by atoms with van der Waals surface area (Å²) in [5.74, 6) is 0.510. The highest BCUT2D eigenvalue weighted by molar-refractivity contribution is 7.13. The minimum absolute atomic E-state index is 0.0263. The first-order valence-corrected chi connectivity index (χ1v) is 8.07. The molecule has 0 radical (unpaired) electrons. The van der Waals surface area contributed by atoms with Crippen LogP contribution in [0.15, 0.2) is 28.2 Å². The molecule has 2 aromatic heterocycles. The molecule has 1 atom stereocenters. The maximum absolute atomic E-state index is 12.5. The molecule has 1 saturated heterocycles. The van der Waals surface area contributed by atoms with Crippen molar-refractivity contribution in [1.29, 1.82) is 0 Å². The lowest BCUT2D eigenvalue weighted by atomic mass is 10.1. The molecule has 0 saturated carbocycles. The molecule has 1 aliphatic rings. The first kappa shape index (κ1) is 14.8. The number of aromatic nitrogens is 1. The van der Waals surface area contributed by atoms with E-state index >= 15 is 0 Å². The van der Waals surface area contributed by atoms with Crippen molar-refractivity contribution in [1.82, 2.24) is 15.2 Å². The van der Waals surface area contributed by atoms with Crippen LogP contribution < -0.4 is 5.32 Å². The number of hydrogen-bond acceptors (Lipinski definition) is 5. The second-order valence-corrected chi connectivity index (χ2v) is 6.16. The van der Waals surface area contributed by atoms with Crippen molar-refractivity contribution in [3.8, 4) is 10.8 Å². The van der Waals surface area contributed by atoms with Gasteiger partial charge in [-0.3, -0.25) is 9.59 Å². The van der Waals surface area contributed by atoms with Gasteiger partial charge < -0.3 is 14.6 Å². The molecular formula is C15H17N3O3S. The molecule has 7 heteroatoms. The van der Waals surface area contributed by atoms with Gasteiger partial charge in [0.1, 0.15) is 5.69 Å². The fraction of sp³-hybridized carbons (Fsp3) is 0.400. The molecule has 3 rings (SSSR count). The van der Waals surface area contributed by atoms with Crippen LogP contribution in [0.25, 0.3) is 10.8 Å². The summed E-state index contributed by atoms with van der Waals surface area (Å²) in [5.41, 5.74) is 0.430. The number of nitrogens with one attached hydrogen (secondary N) is 1. The SMILES string of the molecule is CC(=O)N[C@@H]1CCCN(C(=O)c2csc(-c3ccco3)n2)C1. The lowest BCUT2D eigenvalue weighted by Gasteiger charge is -2.32. The van der Waals surface area contributed by atoms with Gasteiger partial charge in [-0.05, 0) is 25.0 Å². The van der Waals surface area contributed by atoms with Gasteiger partial charge in [-0.2, -0.15) is 0 Å². The molecule has 6 nitrogen and oxygen atoms in total. The maximum atomic E-state index is 12.5. The Kier molecular flexibility index (Phi) is 4.24. The van der Waals surface area contributed by atoms with Crippen molar-refractivity contribution in [3.05, 3.63) is 29.5 Å². The van der Waals surface area contributed by atoms with Gasteiger partial charge in [0, 0.05) is 31.4 Å². The summed E-state index contributed by atoms with van der Waals surface area (Å²) < 4.78 is 5.29. The van der Waals surface area contributed by atoms with Crippen LogP contribution in [0.5, 0.6) is 0 Å². The second-order valence-electron chi connectivity index (χ2n) is 5.31. The number of thiazole rings is 1. The fourth-order valence-electron chi connectivity index (χ4n) is 2.61. The van der Waals surface area contributed by atoms with Gasteiger partial charge >= 0.3 is 0 Å². The zero-order chi connectivity index (χ0) is 15.5. The summed E-state index contributed by atoms with van der Waals surface area (Å²) in [6, 6.07) is 3.64. The molecule has 1 aliphatic heterocycles. The zero-order valence-corrected chi connectivity index (χ0v) is 13.1. The number of piperidine rings is 1. The van der Waals surface area contributed by atoms with E-state index in [2.05, 4.69) is 10.3 Å². The van der Waals surface area contributed by atoms with Gasteiger partial charge in [0.25, 0.3) is 5.91 Å².